The second kappa shape index (κ2) is 3.86. The zero-order valence-corrected chi connectivity index (χ0v) is 9.92. The van der Waals surface area contributed by atoms with E-state index in [0.717, 1.165) is 6.42 Å². The summed E-state index contributed by atoms with van der Waals surface area (Å²) in [7, 11) is 0. The van der Waals surface area contributed by atoms with Gasteiger partial charge in [-0.05, 0) is 24.6 Å². The van der Waals surface area contributed by atoms with Crippen molar-refractivity contribution in [1.82, 2.24) is 0 Å². The van der Waals surface area contributed by atoms with E-state index in [9.17, 15) is 0 Å². The van der Waals surface area contributed by atoms with Gasteiger partial charge in [-0.3, -0.25) is 0 Å². The lowest BCUT2D eigenvalue weighted by molar-refractivity contribution is -0.366. The van der Waals surface area contributed by atoms with Crippen LogP contribution >= 0.6 is 23.2 Å². The predicted octanol–water partition coefficient (Wildman–Crippen LogP) is 2.94. The Balaban J connectivity index is 2.02. The smallest absolute Gasteiger partial charge is 0.312 e. The Labute approximate surface area is 103 Å². The number of rotatable bonds is 1. The molecule has 2 heterocycles. The lowest BCUT2D eigenvalue weighted by Crippen LogP contribution is -2.36. The SMILES string of the molecule is Clc1cc(Cl)cc(C23OCCC(CO2)O3)c1. The molecule has 5 heteroatoms. The van der Waals surface area contributed by atoms with Gasteiger partial charge in [-0.25, -0.2) is 0 Å². The van der Waals surface area contributed by atoms with Gasteiger partial charge in [0.15, 0.2) is 0 Å². The summed E-state index contributed by atoms with van der Waals surface area (Å²) in [5, 5.41) is 1.09. The van der Waals surface area contributed by atoms with Gasteiger partial charge in [-0.1, -0.05) is 23.2 Å². The summed E-state index contributed by atoms with van der Waals surface area (Å²) >= 11 is 11.9. The van der Waals surface area contributed by atoms with E-state index in [1.165, 1.54) is 0 Å². The number of fused-ring (bicyclic) bond motifs is 2. The molecule has 3 nitrogen and oxygen atoms in total. The van der Waals surface area contributed by atoms with Gasteiger partial charge in [0.2, 0.25) is 0 Å². The van der Waals surface area contributed by atoms with Crippen LogP contribution in [0.2, 0.25) is 10.0 Å². The zero-order chi connectivity index (χ0) is 11.2. The van der Waals surface area contributed by atoms with E-state index in [-0.39, 0.29) is 6.10 Å². The van der Waals surface area contributed by atoms with Crippen molar-refractivity contribution in [3.05, 3.63) is 33.8 Å². The molecule has 2 aliphatic rings. The van der Waals surface area contributed by atoms with Gasteiger partial charge in [0.1, 0.15) is 0 Å². The fraction of sp³-hybridized carbons (Fsp3) is 0.455. The van der Waals surface area contributed by atoms with E-state index in [2.05, 4.69) is 0 Å². The number of ether oxygens (including phenoxy) is 3. The highest BCUT2D eigenvalue weighted by Gasteiger charge is 2.48. The predicted molar refractivity (Wildman–Crippen MR) is 59.5 cm³/mol. The summed E-state index contributed by atoms with van der Waals surface area (Å²) < 4.78 is 16.9. The van der Waals surface area contributed by atoms with Crippen molar-refractivity contribution < 1.29 is 14.2 Å². The van der Waals surface area contributed by atoms with Crippen LogP contribution < -0.4 is 0 Å². The molecule has 0 radical (unpaired) electrons. The Morgan fingerprint density at radius 3 is 2.62 bits per heavy atom. The van der Waals surface area contributed by atoms with Gasteiger partial charge in [-0.2, -0.15) is 0 Å². The Morgan fingerprint density at radius 1 is 1.12 bits per heavy atom. The largest absolute Gasteiger partial charge is 0.323 e. The molecule has 0 aliphatic carbocycles. The van der Waals surface area contributed by atoms with Gasteiger partial charge < -0.3 is 14.2 Å². The van der Waals surface area contributed by atoms with Crippen LogP contribution in [-0.4, -0.2) is 19.3 Å². The van der Waals surface area contributed by atoms with Gasteiger partial charge in [0.25, 0.3) is 0 Å². The fourth-order valence-electron chi connectivity index (χ4n) is 2.00. The van der Waals surface area contributed by atoms with E-state index in [1.807, 2.05) is 0 Å². The van der Waals surface area contributed by atoms with Crippen LogP contribution in [0.25, 0.3) is 0 Å². The molecule has 2 fully saturated rings. The first-order chi connectivity index (χ1) is 7.68. The third-order valence-electron chi connectivity index (χ3n) is 2.73. The maximum Gasteiger partial charge on any atom is 0.312 e. The lowest BCUT2D eigenvalue weighted by Gasteiger charge is -2.31. The molecule has 0 N–H and O–H groups in total. The van der Waals surface area contributed by atoms with Crippen molar-refractivity contribution >= 4 is 23.2 Å². The second-order valence-electron chi connectivity index (χ2n) is 3.90. The van der Waals surface area contributed by atoms with Crippen molar-refractivity contribution in [3.8, 4) is 0 Å². The van der Waals surface area contributed by atoms with E-state index in [1.54, 1.807) is 18.2 Å². The topological polar surface area (TPSA) is 27.7 Å². The molecule has 0 amide bonds. The van der Waals surface area contributed by atoms with Crippen LogP contribution in [0, 0.1) is 0 Å². The molecule has 0 spiro atoms. The number of halogens is 2. The minimum absolute atomic E-state index is 0.103. The van der Waals surface area contributed by atoms with Gasteiger partial charge in [0.05, 0.1) is 19.3 Å². The molecule has 2 unspecified atom stereocenters. The van der Waals surface area contributed by atoms with Crippen molar-refractivity contribution in [1.29, 1.82) is 0 Å². The van der Waals surface area contributed by atoms with Crippen molar-refractivity contribution in [2.45, 2.75) is 18.5 Å². The normalized spacial score (nSPS) is 33.0. The monoisotopic (exact) mass is 260 g/mol. The summed E-state index contributed by atoms with van der Waals surface area (Å²) in [5.41, 5.74) is 0.715. The molecule has 2 bridgehead atoms. The highest BCUT2D eigenvalue weighted by molar-refractivity contribution is 6.34. The molecule has 2 saturated heterocycles. The molecular weight excluding hydrogens is 251 g/mol. The molecule has 0 aromatic heterocycles. The molecule has 1 aromatic rings. The Morgan fingerprint density at radius 2 is 1.88 bits per heavy atom. The van der Waals surface area contributed by atoms with Gasteiger partial charge >= 0.3 is 5.97 Å². The number of hydrogen-bond donors (Lipinski definition) is 0. The average molecular weight is 261 g/mol. The van der Waals surface area contributed by atoms with Crippen molar-refractivity contribution in [2.24, 2.45) is 0 Å². The van der Waals surface area contributed by atoms with E-state index in [0.29, 0.717) is 28.8 Å². The Bertz CT molecular complexity index is 399. The van der Waals surface area contributed by atoms with Crippen LogP contribution in [0.1, 0.15) is 12.0 Å². The first-order valence-corrected chi connectivity index (χ1v) is 5.86. The molecule has 3 rings (SSSR count). The fourth-order valence-corrected chi connectivity index (χ4v) is 2.52. The van der Waals surface area contributed by atoms with E-state index in [4.69, 9.17) is 37.4 Å². The molecule has 0 saturated carbocycles. The van der Waals surface area contributed by atoms with Crippen LogP contribution in [0.15, 0.2) is 18.2 Å². The lowest BCUT2D eigenvalue weighted by atomic mass is 10.1. The summed E-state index contributed by atoms with van der Waals surface area (Å²) in [4.78, 5) is 0. The van der Waals surface area contributed by atoms with E-state index >= 15 is 0 Å². The third-order valence-corrected chi connectivity index (χ3v) is 3.17. The molecule has 16 heavy (non-hydrogen) atoms. The summed E-state index contributed by atoms with van der Waals surface area (Å²) in [6, 6.07) is 5.17. The molecule has 2 atom stereocenters. The second-order valence-corrected chi connectivity index (χ2v) is 4.78. The molecular formula is C11H10Cl2O3. The summed E-state index contributed by atoms with van der Waals surface area (Å²) in [6.07, 6.45) is 0.960. The quantitative estimate of drug-likeness (QED) is 0.777. The minimum Gasteiger partial charge on any atom is -0.323 e. The summed E-state index contributed by atoms with van der Waals surface area (Å²) in [5.74, 6) is -1.10. The first kappa shape index (κ1) is 10.8. The van der Waals surface area contributed by atoms with Crippen LogP contribution in [-0.2, 0) is 20.2 Å². The average Bonchev–Trinajstić information content (AvgIpc) is 2.54. The number of hydrogen-bond acceptors (Lipinski definition) is 3. The van der Waals surface area contributed by atoms with Crippen molar-refractivity contribution in [2.75, 3.05) is 13.2 Å². The minimum atomic E-state index is -1.10. The standard InChI is InChI=1S/C11H10Cl2O3/c12-8-3-7(4-9(13)5-8)11-14-2-1-10(16-11)6-15-11/h3-5,10H,1-2,6H2. The first-order valence-electron chi connectivity index (χ1n) is 5.10. The van der Waals surface area contributed by atoms with Crippen LogP contribution in [0.3, 0.4) is 0 Å². The zero-order valence-electron chi connectivity index (χ0n) is 8.41. The highest BCUT2D eigenvalue weighted by Crippen LogP contribution is 2.41. The maximum absolute atomic E-state index is 5.95. The third kappa shape index (κ3) is 1.73. The number of benzene rings is 1. The summed E-state index contributed by atoms with van der Waals surface area (Å²) in [6.45, 7) is 1.17. The van der Waals surface area contributed by atoms with Crippen LogP contribution in [0.4, 0.5) is 0 Å². The highest BCUT2D eigenvalue weighted by atomic mass is 35.5. The van der Waals surface area contributed by atoms with E-state index < -0.39 is 5.97 Å². The van der Waals surface area contributed by atoms with Crippen LogP contribution in [0.5, 0.6) is 0 Å². The molecule has 2 aliphatic heterocycles. The van der Waals surface area contributed by atoms with Crippen molar-refractivity contribution in [3.63, 3.8) is 0 Å². The Hall–Kier alpha value is -0.320. The van der Waals surface area contributed by atoms with Gasteiger partial charge in [0, 0.05) is 15.6 Å². The maximum atomic E-state index is 5.95. The van der Waals surface area contributed by atoms with Gasteiger partial charge in [-0.15, -0.1) is 0 Å². The Kier molecular flexibility index (Phi) is 2.61. The molecule has 86 valence electrons. The molecule has 1 aromatic carbocycles.